The molecule has 0 bridgehead atoms. The molecule has 140 valence electrons. The zero-order valence-electron chi connectivity index (χ0n) is 15.3. The van der Waals surface area contributed by atoms with Crippen LogP contribution in [-0.2, 0) is 20.8 Å². The van der Waals surface area contributed by atoms with E-state index in [0.29, 0.717) is 6.42 Å². The number of carboxylic acids is 1. The summed E-state index contributed by atoms with van der Waals surface area (Å²) in [6.07, 6.45) is 0.487. The first-order chi connectivity index (χ1) is 12.3. The van der Waals surface area contributed by atoms with Crippen LogP contribution >= 0.6 is 0 Å². The Bertz CT molecular complexity index is 810. The van der Waals surface area contributed by atoms with Crippen LogP contribution in [0.5, 0.6) is 0 Å². The normalized spacial score (nSPS) is 12.2. The number of para-hydroxylation sites is 1. The fraction of sp³-hybridized carbons (Fsp3) is 0.421. The topological polar surface area (TPSA) is 111 Å². The summed E-state index contributed by atoms with van der Waals surface area (Å²) in [5.41, 5.74) is 2.76. The van der Waals surface area contributed by atoms with E-state index in [0.717, 1.165) is 22.2 Å². The Hall–Kier alpha value is -2.83. The molecule has 1 aromatic heterocycles. The molecule has 1 atom stereocenters. The lowest BCUT2D eigenvalue weighted by atomic mass is 10.0. The summed E-state index contributed by atoms with van der Waals surface area (Å²) in [5, 5.41) is 15.1. The highest BCUT2D eigenvalue weighted by Crippen LogP contribution is 2.22. The van der Waals surface area contributed by atoms with Crippen molar-refractivity contribution < 1.29 is 19.5 Å². The van der Waals surface area contributed by atoms with Crippen molar-refractivity contribution >= 4 is 28.7 Å². The van der Waals surface area contributed by atoms with E-state index >= 15 is 0 Å². The third kappa shape index (κ3) is 5.08. The number of H-pyrrole nitrogens is 1. The van der Waals surface area contributed by atoms with Gasteiger partial charge in [-0.1, -0.05) is 32.0 Å². The molecule has 2 amide bonds. The minimum atomic E-state index is -1.08. The van der Waals surface area contributed by atoms with Crippen molar-refractivity contribution in [3.05, 3.63) is 35.5 Å². The van der Waals surface area contributed by atoms with Crippen molar-refractivity contribution in [1.29, 1.82) is 0 Å². The standard InChI is InChI=1S/C19H25N3O4/c1-11(2)8-16(19(25)26)22-18(24)10-20-17(23)9-14-12(3)21-15-7-5-4-6-13(14)15/h4-7,11,16,21H,8-10H2,1-3H3,(H,20,23)(H,22,24)(H,25,26)/t16-/m0/s1. The third-order valence-corrected chi connectivity index (χ3v) is 4.15. The molecule has 0 fully saturated rings. The van der Waals surface area contributed by atoms with Gasteiger partial charge in [0.25, 0.3) is 0 Å². The lowest BCUT2D eigenvalue weighted by Gasteiger charge is -2.16. The molecule has 4 N–H and O–H groups in total. The monoisotopic (exact) mass is 359 g/mol. The molecule has 0 spiro atoms. The molecule has 0 unspecified atom stereocenters. The molecule has 7 heteroatoms. The van der Waals surface area contributed by atoms with Crippen LogP contribution in [0.25, 0.3) is 10.9 Å². The summed E-state index contributed by atoms with van der Waals surface area (Å²) in [6.45, 7) is 5.42. The van der Waals surface area contributed by atoms with Crippen molar-refractivity contribution in [2.24, 2.45) is 5.92 Å². The van der Waals surface area contributed by atoms with Gasteiger partial charge in [-0.3, -0.25) is 9.59 Å². The summed E-state index contributed by atoms with van der Waals surface area (Å²) >= 11 is 0. The highest BCUT2D eigenvalue weighted by atomic mass is 16.4. The molecule has 26 heavy (non-hydrogen) atoms. The maximum Gasteiger partial charge on any atom is 0.326 e. The first-order valence-electron chi connectivity index (χ1n) is 8.63. The highest BCUT2D eigenvalue weighted by Gasteiger charge is 2.21. The molecule has 0 aliphatic rings. The molecule has 2 aromatic rings. The van der Waals surface area contributed by atoms with Crippen molar-refractivity contribution in [1.82, 2.24) is 15.6 Å². The van der Waals surface area contributed by atoms with Gasteiger partial charge in [-0.15, -0.1) is 0 Å². The fourth-order valence-electron chi connectivity index (χ4n) is 2.90. The van der Waals surface area contributed by atoms with E-state index in [1.165, 1.54) is 0 Å². The summed E-state index contributed by atoms with van der Waals surface area (Å²) in [7, 11) is 0. The first kappa shape index (κ1) is 19.5. The molecule has 0 saturated heterocycles. The van der Waals surface area contributed by atoms with Gasteiger partial charge in [0.2, 0.25) is 11.8 Å². The number of benzene rings is 1. The summed E-state index contributed by atoms with van der Waals surface area (Å²) in [5.74, 6) is -1.74. The Morgan fingerprint density at radius 2 is 1.85 bits per heavy atom. The minimum absolute atomic E-state index is 0.135. The number of nitrogens with one attached hydrogen (secondary N) is 3. The largest absolute Gasteiger partial charge is 0.480 e. The maximum atomic E-state index is 12.2. The van der Waals surface area contributed by atoms with Crippen molar-refractivity contribution in [2.45, 2.75) is 39.7 Å². The average Bonchev–Trinajstić information content (AvgIpc) is 2.87. The van der Waals surface area contributed by atoms with Gasteiger partial charge in [0.15, 0.2) is 0 Å². The molecular weight excluding hydrogens is 334 g/mol. The average molecular weight is 359 g/mol. The second-order valence-electron chi connectivity index (χ2n) is 6.82. The van der Waals surface area contributed by atoms with Crippen molar-refractivity contribution in [2.75, 3.05) is 6.54 Å². The number of amides is 2. The van der Waals surface area contributed by atoms with E-state index in [-0.39, 0.29) is 24.8 Å². The molecule has 0 aliphatic carbocycles. The summed E-state index contributed by atoms with van der Waals surface area (Å²) in [4.78, 5) is 38.5. The molecule has 0 aliphatic heterocycles. The number of carbonyl (C=O) groups is 3. The molecule has 2 rings (SSSR count). The predicted octanol–water partition coefficient (Wildman–Crippen LogP) is 1.75. The number of rotatable bonds is 8. The summed E-state index contributed by atoms with van der Waals surface area (Å²) < 4.78 is 0. The Morgan fingerprint density at radius 1 is 1.15 bits per heavy atom. The zero-order valence-corrected chi connectivity index (χ0v) is 15.3. The number of aryl methyl sites for hydroxylation is 1. The second-order valence-corrected chi connectivity index (χ2v) is 6.82. The van der Waals surface area contributed by atoms with E-state index in [4.69, 9.17) is 5.11 Å². The van der Waals surface area contributed by atoms with Gasteiger partial charge < -0.3 is 20.7 Å². The van der Waals surface area contributed by atoms with Gasteiger partial charge in [0.05, 0.1) is 13.0 Å². The predicted molar refractivity (Wildman–Crippen MR) is 98.8 cm³/mol. The van der Waals surface area contributed by atoms with Gasteiger partial charge in [0.1, 0.15) is 6.04 Å². The van der Waals surface area contributed by atoms with Crippen LogP contribution in [0.4, 0.5) is 0 Å². The van der Waals surface area contributed by atoms with E-state index in [2.05, 4.69) is 15.6 Å². The van der Waals surface area contributed by atoms with Crippen LogP contribution in [0.3, 0.4) is 0 Å². The Balaban J connectivity index is 1.90. The molecule has 1 aromatic carbocycles. The lowest BCUT2D eigenvalue weighted by molar-refractivity contribution is -0.142. The highest BCUT2D eigenvalue weighted by molar-refractivity contribution is 5.92. The molecule has 0 saturated carbocycles. The Kier molecular flexibility index (Phi) is 6.38. The SMILES string of the molecule is Cc1[nH]c2ccccc2c1CC(=O)NCC(=O)N[C@@H](CC(C)C)C(=O)O. The Labute approximate surface area is 152 Å². The molecule has 1 heterocycles. The number of hydrogen-bond acceptors (Lipinski definition) is 3. The van der Waals surface area contributed by atoms with Crippen LogP contribution in [-0.4, -0.2) is 40.5 Å². The molecular formula is C19H25N3O4. The van der Waals surface area contributed by atoms with Gasteiger partial charge in [-0.25, -0.2) is 4.79 Å². The van der Waals surface area contributed by atoms with E-state index in [1.807, 2.05) is 45.0 Å². The number of carboxylic acid groups (broad SMARTS) is 1. The molecule has 0 radical (unpaired) electrons. The maximum absolute atomic E-state index is 12.2. The lowest BCUT2D eigenvalue weighted by Crippen LogP contribution is -2.46. The smallest absolute Gasteiger partial charge is 0.326 e. The number of fused-ring (bicyclic) bond motifs is 1. The van der Waals surface area contributed by atoms with Crippen molar-refractivity contribution in [3.8, 4) is 0 Å². The van der Waals surface area contributed by atoms with Crippen LogP contribution in [0, 0.1) is 12.8 Å². The van der Waals surface area contributed by atoms with Gasteiger partial charge in [-0.05, 0) is 30.9 Å². The second kappa shape index (κ2) is 8.51. The van der Waals surface area contributed by atoms with Crippen molar-refractivity contribution in [3.63, 3.8) is 0 Å². The van der Waals surface area contributed by atoms with Gasteiger partial charge >= 0.3 is 5.97 Å². The Morgan fingerprint density at radius 3 is 2.50 bits per heavy atom. The number of carbonyl (C=O) groups excluding carboxylic acids is 2. The zero-order chi connectivity index (χ0) is 19.3. The quantitative estimate of drug-likeness (QED) is 0.575. The van der Waals surface area contributed by atoms with E-state index < -0.39 is 17.9 Å². The van der Waals surface area contributed by atoms with Crippen LogP contribution in [0.15, 0.2) is 24.3 Å². The van der Waals surface area contributed by atoms with Crippen LogP contribution < -0.4 is 10.6 Å². The number of aromatic nitrogens is 1. The summed E-state index contributed by atoms with van der Waals surface area (Å²) in [6, 6.07) is 6.76. The number of hydrogen-bond donors (Lipinski definition) is 4. The van der Waals surface area contributed by atoms with E-state index in [9.17, 15) is 14.4 Å². The minimum Gasteiger partial charge on any atom is -0.480 e. The fourth-order valence-corrected chi connectivity index (χ4v) is 2.90. The van der Waals surface area contributed by atoms with Gasteiger partial charge in [-0.2, -0.15) is 0 Å². The molecule has 7 nitrogen and oxygen atoms in total. The number of aromatic amines is 1. The van der Waals surface area contributed by atoms with Gasteiger partial charge in [0, 0.05) is 16.6 Å². The van der Waals surface area contributed by atoms with E-state index in [1.54, 1.807) is 0 Å². The van der Waals surface area contributed by atoms with Crippen LogP contribution in [0.1, 0.15) is 31.5 Å². The van der Waals surface area contributed by atoms with Crippen LogP contribution in [0.2, 0.25) is 0 Å². The third-order valence-electron chi connectivity index (χ3n) is 4.15. The first-order valence-corrected chi connectivity index (χ1v) is 8.63. The number of aliphatic carboxylic acids is 1.